The molecule has 16 heavy (non-hydrogen) atoms. The fourth-order valence-electron chi connectivity index (χ4n) is 1.14. The maximum absolute atomic E-state index is 11.0. The van der Waals surface area contributed by atoms with E-state index in [4.69, 9.17) is 4.74 Å². The van der Waals surface area contributed by atoms with Crippen molar-refractivity contribution in [1.29, 1.82) is 0 Å². The van der Waals surface area contributed by atoms with E-state index >= 15 is 0 Å². The van der Waals surface area contributed by atoms with Crippen LogP contribution in [0.2, 0.25) is 0 Å². The molecule has 0 spiro atoms. The minimum Gasteiger partial charge on any atom is -0.466 e. The van der Waals surface area contributed by atoms with E-state index < -0.39 is 4.92 Å². The average Bonchev–Trinajstić information content (AvgIpc) is 2.27. The summed E-state index contributed by atoms with van der Waals surface area (Å²) in [5, 5.41) is 10.4. The lowest BCUT2D eigenvalue weighted by molar-refractivity contribution is -0.385. The zero-order valence-corrected chi connectivity index (χ0v) is 8.88. The smallest absolute Gasteiger partial charge is 0.306 e. The number of esters is 1. The second-order valence-corrected chi connectivity index (χ2v) is 3.07. The van der Waals surface area contributed by atoms with E-state index in [-0.39, 0.29) is 18.1 Å². The van der Waals surface area contributed by atoms with E-state index in [9.17, 15) is 14.9 Å². The van der Waals surface area contributed by atoms with Crippen molar-refractivity contribution in [3.63, 3.8) is 0 Å². The largest absolute Gasteiger partial charge is 0.466 e. The number of carbonyl (C=O) groups excluding carboxylic acids is 1. The fourth-order valence-corrected chi connectivity index (χ4v) is 1.14. The van der Waals surface area contributed by atoms with Gasteiger partial charge >= 0.3 is 5.97 Å². The molecular weight excluding hydrogens is 212 g/mol. The highest BCUT2D eigenvalue weighted by Crippen LogP contribution is 2.10. The average molecular weight is 224 g/mol. The summed E-state index contributed by atoms with van der Waals surface area (Å²) in [6.07, 6.45) is 1.84. The zero-order chi connectivity index (χ0) is 12.0. The van der Waals surface area contributed by atoms with Gasteiger partial charge in [-0.25, -0.2) is 0 Å². The Morgan fingerprint density at radius 3 is 2.81 bits per heavy atom. The molecule has 0 aromatic carbocycles. The van der Waals surface area contributed by atoms with Gasteiger partial charge in [-0.1, -0.05) is 0 Å². The Morgan fingerprint density at radius 2 is 2.31 bits per heavy atom. The Kier molecular flexibility index (Phi) is 4.38. The van der Waals surface area contributed by atoms with Crippen LogP contribution >= 0.6 is 0 Å². The number of rotatable bonds is 5. The van der Waals surface area contributed by atoms with Gasteiger partial charge in [0.25, 0.3) is 5.69 Å². The van der Waals surface area contributed by atoms with Gasteiger partial charge in [0.2, 0.25) is 0 Å². The van der Waals surface area contributed by atoms with Gasteiger partial charge in [0.1, 0.15) is 6.20 Å². The predicted octanol–water partition coefficient (Wildman–Crippen LogP) is 1.49. The van der Waals surface area contributed by atoms with Crippen LogP contribution in [0.3, 0.4) is 0 Å². The summed E-state index contributed by atoms with van der Waals surface area (Å²) in [7, 11) is 0. The molecule has 1 aromatic rings. The summed E-state index contributed by atoms with van der Waals surface area (Å²) < 4.78 is 4.75. The number of ether oxygens (including phenoxy) is 1. The van der Waals surface area contributed by atoms with E-state index in [1.54, 1.807) is 6.92 Å². The normalized spacial score (nSPS) is 9.81. The van der Waals surface area contributed by atoms with Crippen LogP contribution < -0.4 is 0 Å². The van der Waals surface area contributed by atoms with Crippen molar-refractivity contribution in [2.45, 2.75) is 19.8 Å². The molecule has 0 aliphatic carbocycles. The quantitative estimate of drug-likeness (QED) is 0.430. The molecule has 1 rings (SSSR count). The molecule has 0 fully saturated rings. The number of nitro groups is 1. The molecule has 0 bridgehead atoms. The van der Waals surface area contributed by atoms with Crippen LogP contribution in [0.1, 0.15) is 19.0 Å². The van der Waals surface area contributed by atoms with Gasteiger partial charge in [-0.2, -0.15) is 0 Å². The van der Waals surface area contributed by atoms with Crippen LogP contribution in [0.4, 0.5) is 5.69 Å². The zero-order valence-electron chi connectivity index (χ0n) is 8.88. The van der Waals surface area contributed by atoms with Crippen molar-refractivity contribution in [1.82, 2.24) is 4.98 Å². The third-order valence-electron chi connectivity index (χ3n) is 1.91. The van der Waals surface area contributed by atoms with Crippen LogP contribution in [0.5, 0.6) is 0 Å². The fraction of sp³-hybridized carbons (Fsp3) is 0.400. The lowest BCUT2D eigenvalue weighted by Crippen LogP contribution is -2.05. The number of aryl methyl sites for hydroxylation is 1. The molecule has 1 heterocycles. The first-order valence-electron chi connectivity index (χ1n) is 4.88. The standard InChI is InChI=1S/C10H12N2O4/c1-2-16-10(13)6-4-8-3-5-9(7-11-8)12(14)15/h3,5,7H,2,4,6H2,1H3. The minimum atomic E-state index is -0.512. The molecule has 1 aromatic heterocycles. The number of aromatic nitrogens is 1. The molecule has 0 atom stereocenters. The van der Waals surface area contributed by atoms with Gasteiger partial charge in [-0.15, -0.1) is 0 Å². The van der Waals surface area contributed by atoms with Crippen molar-refractivity contribution < 1.29 is 14.5 Å². The molecule has 6 nitrogen and oxygen atoms in total. The Bertz CT molecular complexity index is 375. The van der Waals surface area contributed by atoms with Crippen molar-refractivity contribution in [2.24, 2.45) is 0 Å². The molecule has 0 saturated carbocycles. The van der Waals surface area contributed by atoms with Gasteiger partial charge in [-0.3, -0.25) is 19.9 Å². The van der Waals surface area contributed by atoms with Gasteiger partial charge in [-0.05, 0) is 13.0 Å². The van der Waals surface area contributed by atoms with E-state index in [2.05, 4.69) is 4.98 Å². The molecular formula is C10H12N2O4. The SMILES string of the molecule is CCOC(=O)CCc1ccc([N+](=O)[O-])cn1. The van der Waals surface area contributed by atoms with Crippen molar-refractivity contribution in [3.05, 3.63) is 34.1 Å². The highest BCUT2D eigenvalue weighted by molar-refractivity contribution is 5.69. The summed E-state index contributed by atoms with van der Waals surface area (Å²) in [5.41, 5.74) is 0.582. The van der Waals surface area contributed by atoms with Crippen LogP contribution in [0.25, 0.3) is 0 Å². The molecule has 0 aliphatic heterocycles. The van der Waals surface area contributed by atoms with E-state index in [0.29, 0.717) is 18.7 Å². The highest BCUT2D eigenvalue weighted by Gasteiger charge is 2.07. The van der Waals surface area contributed by atoms with Gasteiger partial charge in [0.15, 0.2) is 0 Å². The lowest BCUT2D eigenvalue weighted by atomic mass is 10.2. The van der Waals surface area contributed by atoms with Crippen LogP contribution in [-0.2, 0) is 16.0 Å². The molecule has 0 radical (unpaired) electrons. The van der Waals surface area contributed by atoms with Crippen LogP contribution in [0.15, 0.2) is 18.3 Å². The monoisotopic (exact) mass is 224 g/mol. The number of pyridine rings is 1. The summed E-state index contributed by atoms with van der Waals surface area (Å²) in [6.45, 7) is 2.09. The second kappa shape index (κ2) is 5.79. The Labute approximate surface area is 92.4 Å². The van der Waals surface area contributed by atoms with Crippen LogP contribution in [0, 0.1) is 10.1 Å². The molecule has 0 N–H and O–H groups in total. The lowest BCUT2D eigenvalue weighted by Gasteiger charge is -2.01. The van der Waals surface area contributed by atoms with Crippen LogP contribution in [-0.4, -0.2) is 22.5 Å². The predicted molar refractivity (Wildman–Crippen MR) is 55.8 cm³/mol. The number of nitrogens with zero attached hydrogens (tertiary/aromatic N) is 2. The Morgan fingerprint density at radius 1 is 1.56 bits per heavy atom. The van der Waals surface area contributed by atoms with Crippen molar-refractivity contribution in [2.75, 3.05) is 6.61 Å². The number of carbonyl (C=O) groups is 1. The van der Waals surface area contributed by atoms with Gasteiger partial charge < -0.3 is 4.74 Å². The third kappa shape index (κ3) is 3.64. The maximum atomic E-state index is 11.0. The Balaban J connectivity index is 2.49. The summed E-state index contributed by atoms with van der Waals surface area (Å²) in [6, 6.07) is 2.91. The minimum absolute atomic E-state index is 0.0557. The maximum Gasteiger partial charge on any atom is 0.306 e. The number of hydrogen-bond acceptors (Lipinski definition) is 5. The number of hydrogen-bond donors (Lipinski definition) is 0. The van der Waals surface area contributed by atoms with E-state index in [0.717, 1.165) is 0 Å². The molecule has 0 unspecified atom stereocenters. The summed E-state index contributed by atoms with van der Waals surface area (Å²) in [5.74, 6) is -0.289. The molecule has 6 heteroatoms. The van der Waals surface area contributed by atoms with Gasteiger partial charge in [0, 0.05) is 18.2 Å². The molecule has 0 aliphatic rings. The first-order chi connectivity index (χ1) is 7.63. The van der Waals surface area contributed by atoms with Crippen molar-refractivity contribution in [3.8, 4) is 0 Å². The molecule has 0 amide bonds. The topological polar surface area (TPSA) is 82.3 Å². The summed E-state index contributed by atoms with van der Waals surface area (Å²) in [4.78, 5) is 24.8. The summed E-state index contributed by atoms with van der Waals surface area (Å²) >= 11 is 0. The molecule has 0 saturated heterocycles. The first-order valence-corrected chi connectivity index (χ1v) is 4.88. The molecule has 86 valence electrons. The third-order valence-corrected chi connectivity index (χ3v) is 1.91. The highest BCUT2D eigenvalue weighted by atomic mass is 16.6. The van der Waals surface area contributed by atoms with Crippen molar-refractivity contribution >= 4 is 11.7 Å². The van der Waals surface area contributed by atoms with E-state index in [1.807, 2.05) is 0 Å². The van der Waals surface area contributed by atoms with Gasteiger partial charge in [0.05, 0.1) is 18.0 Å². The Hall–Kier alpha value is -1.98. The van der Waals surface area contributed by atoms with E-state index in [1.165, 1.54) is 18.3 Å². The second-order valence-electron chi connectivity index (χ2n) is 3.07. The first kappa shape index (κ1) is 12.1.